The molecule has 0 radical (unpaired) electrons. The summed E-state index contributed by atoms with van der Waals surface area (Å²) in [5.41, 5.74) is 2.41. The van der Waals surface area contributed by atoms with Gasteiger partial charge in [0, 0.05) is 19.7 Å². The number of nitrogens with one attached hydrogen (secondary N) is 1. The maximum atomic E-state index is 12.6. The van der Waals surface area contributed by atoms with E-state index in [-0.39, 0.29) is 36.4 Å². The van der Waals surface area contributed by atoms with E-state index >= 15 is 0 Å². The van der Waals surface area contributed by atoms with Crippen molar-refractivity contribution in [3.05, 3.63) is 35.4 Å². The number of ether oxygens (including phenoxy) is 1. The molecular formula is C21H32N2O3. The van der Waals surface area contributed by atoms with Crippen molar-refractivity contribution in [3.63, 3.8) is 0 Å². The molecule has 5 nitrogen and oxygen atoms in total. The minimum Gasteiger partial charge on any atom is -0.375 e. The predicted octanol–water partition coefficient (Wildman–Crippen LogP) is 3.09. The average molecular weight is 360 g/mol. The van der Waals surface area contributed by atoms with Crippen LogP contribution in [0.1, 0.15) is 57.2 Å². The van der Waals surface area contributed by atoms with E-state index in [1.54, 1.807) is 0 Å². The van der Waals surface area contributed by atoms with Crippen molar-refractivity contribution >= 4 is 11.8 Å². The van der Waals surface area contributed by atoms with Crippen molar-refractivity contribution in [1.82, 2.24) is 10.2 Å². The van der Waals surface area contributed by atoms with Crippen molar-refractivity contribution in [3.8, 4) is 0 Å². The van der Waals surface area contributed by atoms with Gasteiger partial charge in [-0.2, -0.15) is 0 Å². The van der Waals surface area contributed by atoms with Gasteiger partial charge in [0.1, 0.15) is 6.61 Å². The Kier molecular flexibility index (Phi) is 7.64. The second kappa shape index (κ2) is 9.72. The number of aryl methyl sites for hydroxylation is 1. The predicted molar refractivity (Wildman–Crippen MR) is 103 cm³/mol. The molecule has 1 fully saturated rings. The summed E-state index contributed by atoms with van der Waals surface area (Å²) >= 11 is 0. The van der Waals surface area contributed by atoms with Gasteiger partial charge in [-0.15, -0.1) is 0 Å². The van der Waals surface area contributed by atoms with E-state index < -0.39 is 0 Å². The number of amides is 2. The minimum absolute atomic E-state index is 0.0104. The summed E-state index contributed by atoms with van der Waals surface area (Å²) < 4.78 is 5.06. The lowest BCUT2D eigenvalue weighted by Gasteiger charge is -2.39. The van der Waals surface area contributed by atoms with Crippen molar-refractivity contribution < 1.29 is 14.3 Å². The molecule has 0 aliphatic carbocycles. The molecule has 0 aromatic heterocycles. The summed E-state index contributed by atoms with van der Waals surface area (Å²) in [6.45, 7) is 6.68. The van der Waals surface area contributed by atoms with Crippen LogP contribution in [0.5, 0.6) is 0 Å². The summed E-state index contributed by atoms with van der Waals surface area (Å²) in [6.07, 6.45) is 3.48. The third-order valence-corrected chi connectivity index (χ3v) is 5.31. The van der Waals surface area contributed by atoms with Crippen LogP contribution in [0.15, 0.2) is 24.3 Å². The van der Waals surface area contributed by atoms with Gasteiger partial charge >= 0.3 is 0 Å². The maximum absolute atomic E-state index is 12.6. The van der Waals surface area contributed by atoms with Crippen LogP contribution in [0.3, 0.4) is 0 Å². The van der Waals surface area contributed by atoms with Crippen LogP contribution in [0.25, 0.3) is 0 Å². The van der Waals surface area contributed by atoms with Crippen LogP contribution in [0, 0.1) is 5.92 Å². The average Bonchev–Trinajstić information content (AvgIpc) is 2.67. The number of carbonyl (C=O) groups is 2. The maximum Gasteiger partial charge on any atom is 0.249 e. The highest BCUT2D eigenvalue weighted by molar-refractivity contribution is 5.82. The Bertz CT molecular complexity index is 600. The molecule has 2 amide bonds. The lowest BCUT2D eigenvalue weighted by molar-refractivity contribution is -0.142. The van der Waals surface area contributed by atoms with Gasteiger partial charge in [-0.3, -0.25) is 9.59 Å². The molecule has 26 heavy (non-hydrogen) atoms. The number of rotatable bonds is 7. The zero-order chi connectivity index (χ0) is 19.1. The Morgan fingerprint density at radius 2 is 1.92 bits per heavy atom. The van der Waals surface area contributed by atoms with E-state index in [0.29, 0.717) is 6.54 Å². The first kappa shape index (κ1) is 20.4. The molecule has 0 unspecified atom stereocenters. The van der Waals surface area contributed by atoms with Gasteiger partial charge in [0.05, 0.1) is 12.0 Å². The fraction of sp³-hybridized carbons (Fsp3) is 0.619. The molecule has 1 N–H and O–H groups in total. The summed E-state index contributed by atoms with van der Waals surface area (Å²) in [6, 6.07) is 8.62. The van der Waals surface area contributed by atoms with E-state index in [4.69, 9.17) is 4.74 Å². The van der Waals surface area contributed by atoms with Gasteiger partial charge in [0.15, 0.2) is 0 Å². The van der Waals surface area contributed by atoms with Gasteiger partial charge in [0.25, 0.3) is 0 Å². The Labute approximate surface area is 157 Å². The van der Waals surface area contributed by atoms with Crippen LogP contribution >= 0.6 is 0 Å². The quantitative estimate of drug-likeness (QED) is 0.813. The SMILES string of the molecule is CCc1ccc([C@@H]2CC[C@@H](C(=O)N[C@H](C)CC)CN2C(=O)COC)cc1. The first-order valence-electron chi connectivity index (χ1n) is 9.67. The number of likely N-dealkylation sites (tertiary alicyclic amines) is 1. The molecule has 1 saturated heterocycles. The van der Waals surface area contributed by atoms with Gasteiger partial charge in [-0.05, 0) is 43.7 Å². The number of piperidine rings is 1. The van der Waals surface area contributed by atoms with Crippen LogP contribution in [0.2, 0.25) is 0 Å². The minimum atomic E-state index is -0.157. The Balaban J connectivity index is 2.16. The number of hydrogen-bond donors (Lipinski definition) is 1. The lowest BCUT2D eigenvalue weighted by Crippen LogP contribution is -2.49. The molecule has 5 heteroatoms. The van der Waals surface area contributed by atoms with E-state index in [1.165, 1.54) is 12.7 Å². The monoisotopic (exact) mass is 360 g/mol. The molecule has 0 saturated carbocycles. The van der Waals surface area contributed by atoms with Gasteiger partial charge in [-0.1, -0.05) is 38.1 Å². The largest absolute Gasteiger partial charge is 0.375 e. The van der Waals surface area contributed by atoms with Gasteiger partial charge in [-0.25, -0.2) is 0 Å². The fourth-order valence-electron chi connectivity index (χ4n) is 3.45. The number of benzene rings is 1. The van der Waals surface area contributed by atoms with E-state index in [0.717, 1.165) is 31.2 Å². The molecule has 2 rings (SSSR count). The van der Waals surface area contributed by atoms with E-state index in [1.807, 2.05) is 11.8 Å². The Morgan fingerprint density at radius 1 is 1.23 bits per heavy atom. The molecule has 0 spiro atoms. The van der Waals surface area contributed by atoms with Crippen molar-refractivity contribution in [2.75, 3.05) is 20.3 Å². The first-order chi connectivity index (χ1) is 12.5. The second-order valence-electron chi connectivity index (χ2n) is 7.18. The topological polar surface area (TPSA) is 58.6 Å². The third-order valence-electron chi connectivity index (χ3n) is 5.31. The molecule has 3 atom stereocenters. The van der Waals surface area contributed by atoms with Crippen molar-refractivity contribution in [1.29, 1.82) is 0 Å². The highest BCUT2D eigenvalue weighted by Gasteiger charge is 2.35. The fourth-order valence-corrected chi connectivity index (χ4v) is 3.45. The Morgan fingerprint density at radius 3 is 2.50 bits per heavy atom. The van der Waals surface area contributed by atoms with Crippen LogP contribution in [-0.2, 0) is 20.7 Å². The summed E-state index contributed by atoms with van der Waals surface area (Å²) in [4.78, 5) is 27.0. The van der Waals surface area contributed by atoms with Crippen LogP contribution in [-0.4, -0.2) is 43.0 Å². The summed E-state index contributed by atoms with van der Waals surface area (Å²) in [7, 11) is 1.53. The van der Waals surface area contributed by atoms with Crippen molar-refractivity contribution in [2.45, 2.75) is 58.5 Å². The molecule has 0 bridgehead atoms. The van der Waals surface area contributed by atoms with Crippen LogP contribution in [0.4, 0.5) is 0 Å². The van der Waals surface area contributed by atoms with Gasteiger partial charge in [0.2, 0.25) is 11.8 Å². The first-order valence-corrected chi connectivity index (χ1v) is 9.67. The zero-order valence-corrected chi connectivity index (χ0v) is 16.5. The number of hydrogen-bond acceptors (Lipinski definition) is 3. The third kappa shape index (κ3) is 5.07. The molecule has 1 aromatic rings. The zero-order valence-electron chi connectivity index (χ0n) is 16.5. The second-order valence-corrected chi connectivity index (χ2v) is 7.18. The molecule has 1 aliphatic heterocycles. The smallest absolute Gasteiger partial charge is 0.249 e. The van der Waals surface area contributed by atoms with E-state index in [2.05, 4.69) is 43.4 Å². The number of methoxy groups -OCH3 is 1. The molecule has 144 valence electrons. The molecule has 1 heterocycles. The van der Waals surface area contributed by atoms with Gasteiger partial charge < -0.3 is 15.0 Å². The number of nitrogens with zero attached hydrogens (tertiary/aromatic N) is 1. The summed E-state index contributed by atoms with van der Waals surface area (Å²) in [5.74, 6) is -0.163. The Hall–Kier alpha value is -1.88. The summed E-state index contributed by atoms with van der Waals surface area (Å²) in [5, 5.41) is 3.05. The van der Waals surface area contributed by atoms with Crippen molar-refractivity contribution in [2.24, 2.45) is 5.92 Å². The molecule has 1 aromatic carbocycles. The normalized spacial score (nSPS) is 21.3. The standard InChI is InChI=1S/C21H32N2O3/c1-5-15(3)22-21(25)18-11-12-19(23(13-18)20(24)14-26-4)17-9-7-16(6-2)8-10-17/h7-10,15,18-19H,5-6,11-14H2,1-4H3,(H,22,25)/t15-,18-,19+/m1/s1. The van der Waals surface area contributed by atoms with Crippen LogP contribution < -0.4 is 5.32 Å². The lowest BCUT2D eigenvalue weighted by atomic mass is 9.87. The van der Waals surface area contributed by atoms with E-state index in [9.17, 15) is 9.59 Å². The molecular weight excluding hydrogens is 328 g/mol. The number of carbonyl (C=O) groups excluding carboxylic acids is 2. The molecule has 1 aliphatic rings. The highest BCUT2D eigenvalue weighted by Crippen LogP contribution is 2.34. The highest BCUT2D eigenvalue weighted by atomic mass is 16.5.